The Morgan fingerprint density at radius 1 is 1.50 bits per heavy atom. The maximum Gasteiger partial charge on any atom is 0.203 e. The van der Waals surface area contributed by atoms with Gasteiger partial charge in [0.2, 0.25) is 5.13 Å². The van der Waals surface area contributed by atoms with Crippen LogP contribution in [-0.2, 0) is 0 Å². The highest BCUT2D eigenvalue weighted by Gasteiger charge is 2.08. The lowest BCUT2D eigenvalue weighted by Crippen LogP contribution is -1.80. The molecule has 0 bridgehead atoms. The molecule has 2 heterocycles. The van der Waals surface area contributed by atoms with E-state index in [-0.39, 0.29) is 0 Å². The van der Waals surface area contributed by atoms with Crippen LogP contribution >= 0.6 is 11.3 Å². The summed E-state index contributed by atoms with van der Waals surface area (Å²) in [5, 5.41) is 8.90. The van der Waals surface area contributed by atoms with Gasteiger partial charge in [0.1, 0.15) is 5.76 Å². The number of aromatic nitrogens is 2. The Labute approximate surface area is 73.0 Å². The zero-order valence-corrected chi connectivity index (χ0v) is 7.26. The Morgan fingerprint density at radius 2 is 2.33 bits per heavy atom. The highest BCUT2D eigenvalue weighted by molar-refractivity contribution is 7.18. The predicted molar refractivity (Wildman–Crippen MR) is 46.8 cm³/mol. The minimum absolute atomic E-state index is 0.477. The zero-order chi connectivity index (χ0) is 8.55. The van der Waals surface area contributed by atoms with Crippen LogP contribution in [0.1, 0.15) is 5.76 Å². The van der Waals surface area contributed by atoms with Crippen LogP contribution in [0.2, 0.25) is 0 Å². The molecule has 0 unspecified atom stereocenters. The lowest BCUT2D eigenvalue weighted by molar-refractivity contribution is 0.535. The van der Waals surface area contributed by atoms with Crippen LogP contribution in [-0.4, -0.2) is 10.2 Å². The van der Waals surface area contributed by atoms with E-state index in [0.29, 0.717) is 5.13 Å². The van der Waals surface area contributed by atoms with Gasteiger partial charge in [0.15, 0.2) is 5.01 Å². The lowest BCUT2D eigenvalue weighted by Gasteiger charge is -1.87. The van der Waals surface area contributed by atoms with Gasteiger partial charge < -0.3 is 10.2 Å². The Hall–Kier alpha value is -1.36. The Morgan fingerprint density at radius 3 is 2.83 bits per heavy atom. The molecule has 0 saturated heterocycles. The van der Waals surface area contributed by atoms with E-state index in [2.05, 4.69) is 10.2 Å². The summed E-state index contributed by atoms with van der Waals surface area (Å²) in [4.78, 5) is 0. The van der Waals surface area contributed by atoms with Crippen molar-refractivity contribution < 1.29 is 4.42 Å². The summed E-state index contributed by atoms with van der Waals surface area (Å²) in [6.07, 6.45) is 1.63. The topological polar surface area (TPSA) is 64.9 Å². The maximum absolute atomic E-state index is 5.45. The average molecular weight is 181 g/mol. The quantitative estimate of drug-likeness (QED) is 0.727. The highest BCUT2D eigenvalue weighted by atomic mass is 32.1. The second kappa shape index (κ2) is 2.60. The van der Waals surface area contributed by atoms with E-state index < -0.39 is 0 Å². The van der Waals surface area contributed by atoms with E-state index in [1.165, 1.54) is 11.3 Å². The Balaban J connectivity index is 2.50. The standard InChI is InChI=1S/C7H7N3OS/c1-4-5(2-3-11-4)6-9-10-7(8)12-6/h2-3H,1H3,(H2,8,10). The number of furan rings is 1. The molecule has 0 aliphatic rings. The SMILES string of the molecule is Cc1occc1-c1nnc(N)s1. The number of aryl methyl sites for hydroxylation is 1. The third kappa shape index (κ3) is 1.08. The average Bonchev–Trinajstić information content (AvgIpc) is 2.58. The van der Waals surface area contributed by atoms with Gasteiger partial charge in [-0.15, -0.1) is 10.2 Å². The molecule has 2 N–H and O–H groups in total. The normalized spacial score (nSPS) is 10.4. The maximum atomic E-state index is 5.45. The predicted octanol–water partition coefficient (Wildman–Crippen LogP) is 1.69. The molecular formula is C7H7N3OS. The largest absolute Gasteiger partial charge is 0.469 e. The summed E-state index contributed by atoms with van der Waals surface area (Å²) in [6.45, 7) is 1.88. The van der Waals surface area contributed by atoms with Crippen LogP contribution in [0, 0.1) is 6.92 Å². The van der Waals surface area contributed by atoms with Crippen molar-refractivity contribution in [3.63, 3.8) is 0 Å². The van der Waals surface area contributed by atoms with Crippen molar-refractivity contribution in [2.75, 3.05) is 5.73 Å². The number of hydrogen-bond acceptors (Lipinski definition) is 5. The van der Waals surface area contributed by atoms with Gasteiger partial charge in [0.25, 0.3) is 0 Å². The second-order valence-corrected chi connectivity index (χ2v) is 3.35. The zero-order valence-electron chi connectivity index (χ0n) is 6.44. The Bertz CT molecular complexity index is 393. The van der Waals surface area contributed by atoms with Crippen molar-refractivity contribution in [1.29, 1.82) is 0 Å². The summed E-state index contributed by atoms with van der Waals surface area (Å²) in [6, 6.07) is 1.86. The van der Waals surface area contributed by atoms with Crippen molar-refractivity contribution in [2.45, 2.75) is 6.92 Å². The van der Waals surface area contributed by atoms with Gasteiger partial charge in [-0.25, -0.2) is 0 Å². The van der Waals surface area contributed by atoms with Gasteiger partial charge in [0.05, 0.1) is 11.8 Å². The molecule has 0 aliphatic heterocycles. The summed E-state index contributed by atoms with van der Waals surface area (Å²) >= 11 is 1.36. The fourth-order valence-electron chi connectivity index (χ4n) is 0.950. The molecule has 0 radical (unpaired) electrons. The number of anilines is 1. The first-order valence-corrected chi connectivity index (χ1v) is 4.22. The van der Waals surface area contributed by atoms with E-state index >= 15 is 0 Å². The minimum atomic E-state index is 0.477. The van der Waals surface area contributed by atoms with E-state index in [9.17, 15) is 0 Å². The molecule has 2 aromatic rings. The van der Waals surface area contributed by atoms with Crippen LogP contribution in [0.3, 0.4) is 0 Å². The van der Waals surface area contributed by atoms with E-state index in [1.807, 2.05) is 13.0 Å². The molecule has 62 valence electrons. The van der Waals surface area contributed by atoms with Crippen molar-refractivity contribution in [3.8, 4) is 10.6 Å². The van der Waals surface area contributed by atoms with Gasteiger partial charge in [-0.3, -0.25) is 0 Å². The summed E-state index contributed by atoms with van der Waals surface area (Å²) in [5.74, 6) is 0.839. The van der Waals surface area contributed by atoms with Crippen molar-refractivity contribution in [1.82, 2.24) is 10.2 Å². The monoisotopic (exact) mass is 181 g/mol. The molecule has 0 fully saturated rings. The fraction of sp³-hybridized carbons (Fsp3) is 0.143. The molecule has 5 heteroatoms. The number of nitrogens with two attached hydrogens (primary N) is 1. The summed E-state index contributed by atoms with van der Waals surface area (Å²) in [7, 11) is 0. The van der Waals surface area contributed by atoms with Gasteiger partial charge in [-0.2, -0.15) is 0 Å². The molecule has 0 aliphatic carbocycles. The summed E-state index contributed by atoms with van der Waals surface area (Å²) in [5.41, 5.74) is 6.41. The second-order valence-electron chi connectivity index (χ2n) is 2.34. The van der Waals surface area contributed by atoms with E-state index in [0.717, 1.165) is 16.3 Å². The third-order valence-corrected chi connectivity index (χ3v) is 2.32. The van der Waals surface area contributed by atoms with Crippen LogP contribution in [0.4, 0.5) is 5.13 Å². The lowest BCUT2D eigenvalue weighted by atomic mass is 10.3. The third-order valence-electron chi connectivity index (χ3n) is 1.53. The van der Waals surface area contributed by atoms with Crippen molar-refractivity contribution >= 4 is 16.5 Å². The van der Waals surface area contributed by atoms with Gasteiger partial charge in [-0.05, 0) is 13.0 Å². The Kier molecular flexibility index (Phi) is 1.58. The number of hydrogen-bond donors (Lipinski definition) is 1. The van der Waals surface area contributed by atoms with Gasteiger partial charge in [-0.1, -0.05) is 11.3 Å². The smallest absolute Gasteiger partial charge is 0.203 e. The van der Waals surface area contributed by atoms with Crippen LogP contribution in [0.5, 0.6) is 0 Å². The molecule has 0 aromatic carbocycles. The van der Waals surface area contributed by atoms with Gasteiger partial charge >= 0.3 is 0 Å². The molecular weight excluding hydrogens is 174 g/mol. The van der Waals surface area contributed by atoms with E-state index in [4.69, 9.17) is 10.2 Å². The molecule has 2 aromatic heterocycles. The molecule has 0 spiro atoms. The molecule has 12 heavy (non-hydrogen) atoms. The first kappa shape index (κ1) is 7.30. The first-order valence-electron chi connectivity index (χ1n) is 3.41. The van der Waals surface area contributed by atoms with Gasteiger partial charge in [0, 0.05) is 0 Å². The number of nitrogens with zero attached hydrogens (tertiary/aromatic N) is 2. The van der Waals surface area contributed by atoms with Crippen LogP contribution < -0.4 is 5.73 Å². The van der Waals surface area contributed by atoms with Crippen molar-refractivity contribution in [3.05, 3.63) is 18.1 Å². The fourth-order valence-corrected chi connectivity index (χ4v) is 1.63. The summed E-state index contributed by atoms with van der Waals surface area (Å²) < 4.78 is 5.13. The highest BCUT2D eigenvalue weighted by Crippen LogP contribution is 2.27. The van der Waals surface area contributed by atoms with Crippen LogP contribution in [0.25, 0.3) is 10.6 Å². The van der Waals surface area contributed by atoms with Crippen LogP contribution in [0.15, 0.2) is 16.7 Å². The van der Waals surface area contributed by atoms with Crippen molar-refractivity contribution in [2.24, 2.45) is 0 Å². The van der Waals surface area contributed by atoms with E-state index in [1.54, 1.807) is 6.26 Å². The molecule has 4 nitrogen and oxygen atoms in total. The number of rotatable bonds is 1. The molecule has 0 atom stereocenters. The number of nitrogen functional groups attached to an aromatic ring is 1. The molecule has 0 saturated carbocycles. The molecule has 0 amide bonds. The minimum Gasteiger partial charge on any atom is -0.469 e. The first-order chi connectivity index (χ1) is 5.77. The molecule has 2 rings (SSSR count).